The molecule has 0 bridgehead atoms. The number of amides is 1. The minimum atomic E-state index is -0.0408. The van der Waals surface area contributed by atoms with E-state index in [9.17, 15) is 4.79 Å². The lowest BCUT2D eigenvalue weighted by atomic mass is 10.0. The Labute approximate surface area is 130 Å². The molecular formula is C15H21ClN2O3. The number of halogens is 1. The van der Waals surface area contributed by atoms with Gasteiger partial charge in [-0.05, 0) is 37.1 Å². The molecule has 0 saturated carbocycles. The second-order valence-corrected chi connectivity index (χ2v) is 5.20. The van der Waals surface area contributed by atoms with Gasteiger partial charge in [-0.25, -0.2) is 0 Å². The van der Waals surface area contributed by atoms with E-state index in [1.54, 1.807) is 0 Å². The summed E-state index contributed by atoms with van der Waals surface area (Å²) in [5, 5.41) is 6.23. The molecule has 0 spiro atoms. The van der Waals surface area contributed by atoms with Crippen LogP contribution in [0.25, 0.3) is 0 Å². The van der Waals surface area contributed by atoms with Gasteiger partial charge in [-0.2, -0.15) is 0 Å². The van der Waals surface area contributed by atoms with Gasteiger partial charge >= 0.3 is 0 Å². The lowest BCUT2D eigenvalue weighted by molar-refractivity contribution is -0.123. The number of rotatable bonds is 3. The van der Waals surface area contributed by atoms with Crippen LogP contribution in [0, 0.1) is 0 Å². The fourth-order valence-electron chi connectivity index (χ4n) is 2.59. The molecule has 1 saturated heterocycles. The molecule has 1 fully saturated rings. The monoisotopic (exact) mass is 312 g/mol. The summed E-state index contributed by atoms with van der Waals surface area (Å²) in [4.78, 5) is 12.0. The highest BCUT2D eigenvalue weighted by Gasteiger charge is 2.20. The van der Waals surface area contributed by atoms with Crippen LogP contribution in [0.3, 0.4) is 0 Å². The molecule has 0 radical (unpaired) electrons. The molecule has 2 N–H and O–H groups in total. The molecule has 0 aliphatic carbocycles. The second kappa shape index (κ2) is 7.52. The highest BCUT2D eigenvalue weighted by atomic mass is 35.5. The smallest absolute Gasteiger partial charge is 0.237 e. The van der Waals surface area contributed by atoms with Crippen LogP contribution in [0.5, 0.6) is 11.5 Å². The van der Waals surface area contributed by atoms with E-state index < -0.39 is 0 Å². The highest BCUT2D eigenvalue weighted by Crippen LogP contribution is 2.30. The average Bonchev–Trinajstić information content (AvgIpc) is 2.53. The van der Waals surface area contributed by atoms with Gasteiger partial charge in [-0.3, -0.25) is 4.79 Å². The highest BCUT2D eigenvalue weighted by molar-refractivity contribution is 5.85. The third-order valence-electron chi connectivity index (χ3n) is 3.70. The fourth-order valence-corrected chi connectivity index (χ4v) is 2.59. The van der Waals surface area contributed by atoms with Gasteiger partial charge in [0.2, 0.25) is 5.91 Å². The van der Waals surface area contributed by atoms with Crippen molar-refractivity contribution in [2.24, 2.45) is 0 Å². The Morgan fingerprint density at radius 1 is 1.24 bits per heavy atom. The molecule has 5 nitrogen and oxygen atoms in total. The standard InChI is InChI=1S/C15H20N2O3.ClH/c18-15(12-3-1-2-6-16-12)17-10-11-4-5-13-14(9-11)20-8-7-19-13;/h4-5,9,12,16H,1-3,6-8,10H2,(H,17,18);1H/t12-;/m0./s1. The maximum Gasteiger partial charge on any atom is 0.237 e. The lowest BCUT2D eigenvalue weighted by Gasteiger charge is -2.23. The van der Waals surface area contributed by atoms with Crippen LogP contribution in [0.1, 0.15) is 24.8 Å². The van der Waals surface area contributed by atoms with E-state index in [1.807, 2.05) is 18.2 Å². The number of hydrogen-bond acceptors (Lipinski definition) is 4. The largest absolute Gasteiger partial charge is 0.486 e. The van der Waals surface area contributed by atoms with Crippen molar-refractivity contribution in [1.29, 1.82) is 0 Å². The summed E-state index contributed by atoms with van der Waals surface area (Å²) in [7, 11) is 0. The van der Waals surface area contributed by atoms with E-state index in [0.29, 0.717) is 19.8 Å². The van der Waals surface area contributed by atoms with Crippen molar-refractivity contribution in [2.45, 2.75) is 31.8 Å². The van der Waals surface area contributed by atoms with Gasteiger partial charge in [-0.1, -0.05) is 12.5 Å². The first-order valence-corrected chi connectivity index (χ1v) is 7.22. The van der Waals surface area contributed by atoms with Gasteiger partial charge in [0.1, 0.15) is 13.2 Å². The SMILES string of the molecule is Cl.O=C(NCc1ccc2c(c1)OCCO2)[C@@H]1CCCCN1. The minimum absolute atomic E-state index is 0. The van der Waals surface area contributed by atoms with Crippen LogP contribution in [0.4, 0.5) is 0 Å². The predicted molar refractivity (Wildman–Crippen MR) is 82.2 cm³/mol. The molecule has 0 unspecified atom stereocenters. The van der Waals surface area contributed by atoms with Gasteiger partial charge in [0.05, 0.1) is 6.04 Å². The molecule has 2 aliphatic heterocycles. The van der Waals surface area contributed by atoms with Crippen LogP contribution in [0.15, 0.2) is 18.2 Å². The zero-order chi connectivity index (χ0) is 13.8. The summed E-state index contributed by atoms with van der Waals surface area (Å²) in [5.74, 6) is 1.62. The van der Waals surface area contributed by atoms with Crippen molar-refractivity contribution in [1.82, 2.24) is 10.6 Å². The van der Waals surface area contributed by atoms with E-state index in [1.165, 1.54) is 0 Å². The number of carbonyl (C=O) groups excluding carboxylic acids is 1. The third kappa shape index (κ3) is 4.02. The summed E-state index contributed by atoms with van der Waals surface area (Å²) in [6.45, 7) is 2.63. The Kier molecular flexibility index (Phi) is 5.70. The van der Waals surface area contributed by atoms with E-state index in [0.717, 1.165) is 42.9 Å². The second-order valence-electron chi connectivity index (χ2n) is 5.20. The first-order valence-electron chi connectivity index (χ1n) is 7.22. The normalized spacial score (nSPS) is 20.3. The maximum absolute atomic E-state index is 12.0. The predicted octanol–water partition coefficient (Wildman–Crippen LogP) is 1.64. The quantitative estimate of drug-likeness (QED) is 0.891. The molecule has 1 aromatic carbocycles. The molecule has 1 atom stereocenters. The van der Waals surface area contributed by atoms with E-state index in [2.05, 4.69) is 10.6 Å². The van der Waals surface area contributed by atoms with Crippen LogP contribution in [-0.4, -0.2) is 31.7 Å². The molecule has 2 heterocycles. The third-order valence-corrected chi connectivity index (χ3v) is 3.70. The van der Waals surface area contributed by atoms with Crippen LogP contribution < -0.4 is 20.1 Å². The van der Waals surface area contributed by atoms with Crippen molar-refractivity contribution < 1.29 is 14.3 Å². The summed E-state index contributed by atoms with van der Waals surface area (Å²) in [6.07, 6.45) is 3.20. The van der Waals surface area contributed by atoms with Gasteiger partial charge in [-0.15, -0.1) is 12.4 Å². The fraction of sp³-hybridized carbons (Fsp3) is 0.533. The van der Waals surface area contributed by atoms with Crippen molar-refractivity contribution in [3.63, 3.8) is 0 Å². The van der Waals surface area contributed by atoms with Crippen LogP contribution in [-0.2, 0) is 11.3 Å². The van der Waals surface area contributed by atoms with Crippen molar-refractivity contribution >= 4 is 18.3 Å². The summed E-state index contributed by atoms with van der Waals surface area (Å²) in [6, 6.07) is 5.75. The molecule has 116 valence electrons. The van der Waals surface area contributed by atoms with E-state index >= 15 is 0 Å². The Hall–Kier alpha value is -1.46. The molecule has 1 aromatic rings. The number of carbonyl (C=O) groups is 1. The molecule has 3 rings (SSSR count). The summed E-state index contributed by atoms with van der Waals surface area (Å²) < 4.78 is 11.0. The first-order chi connectivity index (χ1) is 9.83. The van der Waals surface area contributed by atoms with Gasteiger partial charge in [0.15, 0.2) is 11.5 Å². The molecule has 1 amide bonds. The number of fused-ring (bicyclic) bond motifs is 1. The zero-order valence-corrected chi connectivity index (χ0v) is 12.7. The van der Waals surface area contributed by atoms with E-state index in [4.69, 9.17) is 9.47 Å². The average molecular weight is 313 g/mol. The van der Waals surface area contributed by atoms with Crippen LogP contribution >= 0.6 is 12.4 Å². The number of ether oxygens (including phenoxy) is 2. The minimum Gasteiger partial charge on any atom is -0.486 e. The van der Waals surface area contributed by atoms with Crippen molar-refractivity contribution in [2.75, 3.05) is 19.8 Å². The molecule has 2 aliphatic rings. The summed E-state index contributed by atoms with van der Waals surface area (Å²) in [5.41, 5.74) is 1.03. The zero-order valence-electron chi connectivity index (χ0n) is 11.9. The van der Waals surface area contributed by atoms with E-state index in [-0.39, 0.29) is 24.4 Å². The summed E-state index contributed by atoms with van der Waals surface area (Å²) >= 11 is 0. The first kappa shape index (κ1) is 15.9. The van der Waals surface area contributed by atoms with Crippen LogP contribution in [0.2, 0.25) is 0 Å². The molecule has 6 heteroatoms. The topological polar surface area (TPSA) is 59.6 Å². The van der Waals surface area contributed by atoms with Crippen molar-refractivity contribution in [3.8, 4) is 11.5 Å². The van der Waals surface area contributed by atoms with Gasteiger partial charge in [0, 0.05) is 6.54 Å². The lowest BCUT2D eigenvalue weighted by Crippen LogP contribution is -2.46. The van der Waals surface area contributed by atoms with Gasteiger partial charge in [0.25, 0.3) is 0 Å². The maximum atomic E-state index is 12.0. The molecule has 21 heavy (non-hydrogen) atoms. The Bertz CT molecular complexity index is 490. The molecular weight excluding hydrogens is 292 g/mol. The van der Waals surface area contributed by atoms with Gasteiger partial charge < -0.3 is 20.1 Å². The Balaban J connectivity index is 0.00000161. The number of piperidine rings is 1. The van der Waals surface area contributed by atoms with Crippen molar-refractivity contribution in [3.05, 3.63) is 23.8 Å². The Morgan fingerprint density at radius 2 is 2.05 bits per heavy atom. The number of hydrogen-bond donors (Lipinski definition) is 2. The number of benzene rings is 1. The number of nitrogens with one attached hydrogen (secondary N) is 2. The Morgan fingerprint density at radius 3 is 2.81 bits per heavy atom. The molecule has 0 aromatic heterocycles.